The predicted molar refractivity (Wildman–Crippen MR) is 174 cm³/mol. The van der Waals surface area contributed by atoms with Crippen molar-refractivity contribution in [2.75, 3.05) is 26.4 Å². The van der Waals surface area contributed by atoms with E-state index >= 15 is 0 Å². The highest BCUT2D eigenvalue weighted by Crippen LogP contribution is 2.32. The number of rotatable bonds is 15. The van der Waals surface area contributed by atoms with Crippen molar-refractivity contribution in [1.82, 2.24) is 10.6 Å². The van der Waals surface area contributed by atoms with E-state index in [1.54, 1.807) is 0 Å². The van der Waals surface area contributed by atoms with Gasteiger partial charge in [-0.15, -0.1) is 6.58 Å². The molecule has 0 saturated carbocycles. The molecule has 22 heteroatoms. The van der Waals surface area contributed by atoms with Gasteiger partial charge in [0.15, 0.2) is 37.0 Å². The van der Waals surface area contributed by atoms with E-state index in [2.05, 4.69) is 17.2 Å². The van der Waals surface area contributed by atoms with Gasteiger partial charge in [0.2, 0.25) is 9.70 Å². The van der Waals surface area contributed by atoms with Crippen LogP contribution in [0.5, 0.6) is 0 Å². The summed E-state index contributed by atoms with van der Waals surface area (Å²) in [7, 11) is 0. The molecular formula is C30H41Cl3N2O17. The van der Waals surface area contributed by atoms with Crippen LogP contribution in [-0.4, -0.2) is 133 Å². The summed E-state index contributed by atoms with van der Waals surface area (Å²) in [4.78, 5) is 85.8. The Morgan fingerprint density at radius 1 is 0.635 bits per heavy atom. The number of amides is 2. The van der Waals surface area contributed by atoms with E-state index in [1.165, 1.54) is 13.0 Å². The summed E-state index contributed by atoms with van der Waals surface area (Å²) >= 11 is 17.1. The molecule has 0 unspecified atom stereocenters. The third kappa shape index (κ3) is 14.9. The number of alkyl carbamates (subject to hydrolysis) is 1. The van der Waals surface area contributed by atoms with Crippen molar-refractivity contribution in [2.45, 2.75) is 107 Å². The van der Waals surface area contributed by atoms with Crippen molar-refractivity contribution < 1.29 is 80.9 Å². The third-order valence-electron chi connectivity index (χ3n) is 6.78. The number of hydrogen-bond acceptors (Lipinski definition) is 17. The molecular weight excluding hydrogens is 767 g/mol. The molecule has 2 saturated heterocycles. The molecule has 19 nitrogen and oxygen atoms in total. The maximum absolute atomic E-state index is 12.9. The Labute approximate surface area is 313 Å². The van der Waals surface area contributed by atoms with Gasteiger partial charge in [-0.25, -0.2) is 4.79 Å². The molecule has 52 heavy (non-hydrogen) atoms. The molecule has 0 spiro atoms. The van der Waals surface area contributed by atoms with E-state index < -0.39 is 127 Å². The molecule has 2 amide bonds. The second-order valence-electron chi connectivity index (χ2n) is 11.2. The van der Waals surface area contributed by atoms with E-state index in [0.29, 0.717) is 0 Å². The molecule has 0 bridgehead atoms. The maximum atomic E-state index is 12.9. The smallest absolute Gasteiger partial charge is 0.407 e. The average molecular weight is 808 g/mol. The van der Waals surface area contributed by atoms with Gasteiger partial charge in [0.05, 0.1) is 13.2 Å². The Balaban J connectivity index is 2.62. The first-order valence-corrected chi connectivity index (χ1v) is 16.6. The minimum Gasteiger partial charge on any atom is -0.463 e. The zero-order chi connectivity index (χ0) is 39.3. The van der Waals surface area contributed by atoms with Crippen LogP contribution in [0.4, 0.5) is 4.79 Å². The number of nitrogens with one attached hydrogen (secondary N) is 2. The number of alkyl halides is 3. The summed E-state index contributed by atoms with van der Waals surface area (Å²) in [6, 6.07) is -2.79. The Hall–Kier alpha value is -3.46. The molecule has 0 aromatic rings. The molecule has 2 rings (SSSR count). The van der Waals surface area contributed by atoms with Gasteiger partial charge in [-0.05, 0) is 0 Å². The molecule has 0 radical (unpaired) electrons. The second kappa shape index (κ2) is 20.7. The van der Waals surface area contributed by atoms with E-state index in [1.807, 2.05) is 0 Å². The van der Waals surface area contributed by atoms with E-state index in [0.717, 1.165) is 34.6 Å². The van der Waals surface area contributed by atoms with Crippen molar-refractivity contribution in [1.29, 1.82) is 0 Å². The van der Waals surface area contributed by atoms with Crippen molar-refractivity contribution in [3.05, 3.63) is 12.7 Å². The van der Waals surface area contributed by atoms with E-state index in [4.69, 9.17) is 82.2 Å². The predicted octanol–water partition coefficient (Wildman–Crippen LogP) is 0.915. The van der Waals surface area contributed by atoms with Crippen LogP contribution in [0.25, 0.3) is 0 Å². The van der Waals surface area contributed by atoms with Gasteiger partial charge in [0.1, 0.15) is 37.5 Å². The van der Waals surface area contributed by atoms with Crippen LogP contribution < -0.4 is 10.6 Å². The second-order valence-corrected chi connectivity index (χ2v) is 13.7. The molecule has 2 N–H and O–H groups in total. The largest absolute Gasteiger partial charge is 0.463 e. The first-order chi connectivity index (χ1) is 24.2. The highest BCUT2D eigenvalue weighted by molar-refractivity contribution is 6.67. The minimum absolute atomic E-state index is 0.104. The minimum atomic E-state index is -2.02. The molecule has 294 valence electrons. The van der Waals surface area contributed by atoms with Gasteiger partial charge in [0, 0.05) is 41.5 Å². The summed E-state index contributed by atoms with van der Waals surface area (Å²) in [5.74, 6) is -4.75. The van der Waals surface area contributed by atoms with Gasteiger partial charge in [-0.3, -0.25) is 28.8 Å². The molecule has 2 heterocycles. The quantitative estimate of drug-likeness (QED) is 0.101. The first kappa shape index (κ1) is 44.7. The Morgan fingerprint density at radius 3 is 1.50 bits per heavy atom. The lowest BCUT2D eigenvalue weighted by Gasteiger charge is -2.47. The fraction of sp³-hybridized carbons (Fsp3) is 0.700. The van der Waals surface area contributed by atoms with E-state index in [-0.39, 0.29) is 6.61 Å². The van der Waals surface area contributed by atoms with Gasteiger partial charge in [-0.2, -0.15) is 0 Å². The SMILES string of the molecule is C=CCO[C@H]1O[C@H](CO[C@@H]2O[C@H](COC(C)=O)[C@@H](OC(C)=O)[C@H](OC(C)=O)[C@H]2NC(=O)OCC(Cl)(Cl)Cl)[C@@H](OC(C)=O)[C@H](OC(C)=O)[C@H]1NC(C)=O. The van der Waals surface area contributed by atoms with Gasteiger partial charge in [-0.1, -0.05) is 40.9 Å². The van der Waals surface area contributed by atoms with Crippen molar-refractivity contribution in [3.63, 3.8) is 0 Å². The summed E-state index contributed by atoms with van der Waals surface area (Å²) in [6.07, 6.45) is -11.6. The molecule has 0 aliphatic carbocycles. The lowest BCUT2D eigenvalue weighted by molar-refractivity contribution is -0.306. The van der Waals surface area contributed by atoms with Crippen LogP contribution in [0.3, 0.4) is 0 Å². The van der Waals surface area contributed by atoms with Crippen molar-refractivity contribution in [2.24, 2.45) is 0 Å². The monoisotopic (exact) mass is 806 g/mol. The summed E-state index contributed by atoms with van der Waals surface area (Å²) < 4.78 is 53.8. The standard InChI is InChI=1S/C30H41Cl3N2O17/c1-8-9-43-27-21(34-13(2)36)25(49-17(6)40)24(48-16(5)39)20(51-27)11-45-28-22(35-29(42)46-12-30(31,32)33)26(50-18(7)41)23(47-15(4)38)19(52-28)10-44-14(3)37/h8,19-28H,1,9-12H2,2-7H3,(H,34,36)(H,35,42)/t19-,20-,21-,22-,23-,24-,25-,26-,27+,28-/m1/s1. The van der Waals surface area contributed by atoms with Crippen LogP contribution in [0, 0.1) is 0 Å². The summed E-state index contributed by atoms with van der Waals surface area (Å²) in [5.41, 5.74) is 0. The topological polar surface area (TPSA) is 236 Å². The molecule has 2 aliphatic heterocycles. The highest BCUT2D eigenvalue weighted by atomic mass is 35.6. The van der Waals surface area contributed by atoms with Gasteiger partial charge < -0.3 is 58.0 Å². The Morgan fingerprint density at radius 2 is 1.08 bits per heavy atom. The van der Waals surface area contributed by atoms with Crippen LogP contribution in [0.1, 0.15) is 41.5 Å². The molecule has 0 aromatic heterocycles. The number of carbonyl (C=O) groups is 7. The van der Waals surface area contributed by atoms with E-state index in [9.17, 15) is 33.6 Å². The third-order valence-corrected chi connectivity index (χ3v) is 7.10. The van der Waals surface area contributed by atoms with Crippen LogP contribution in [-0.2, 0) is 76.1 Å². The van der Waals surface area contributed by atoms with Crippen LogP contribution >= 0.6 is 34.8 Å². The maximum Gasteiger partial charge on any atom is 0.407 e. The molecule has 2 fully saturated rings. The van der Waals surface area contributed by atoms with Gasteiger partial charge in [0.25, 0.3) is 0 Å². The van der Waals surface area contributed by atoms with Crippen molar-refractivity contribution in [3.8, 4) is 0 Å². The number of hydrogen-bond donors (Lipinski definition) is 2. The van der Waals surface area contributed by atoms with Crippen molar-refractivity contribution >= 4 is 76.6 Å². The molecule has 0 aromatic carbocycles. The Kier molecular flexibility index (Phi) is 17.8. The highest BCUT2D eigenvalue weighted by Gasteiger charge is 2.54. The lowest BCUT2D eigenvalue weighted by atomic mass is 9.95. The summed E-state index contributed by atoms with van der Waals surface area (Å²) in [6.45, 7) is 8.08. The molecule has 2 aliphatic rings. The molecule has 10 atom stereocenters. The fourth-order valence-corrected chi connectivity index (χ4v) is 5.27. The van der Waals surface area contributed by atoms with Crippen LogP contribution in [0.2, 0.25) is 0 Å². The van der Waals surface area contributed by atoms with Gasteiger partial charge >= 0.3 is 35.9 Å². The normalized spacial score (nSPS) is 28.6. The zero-order valence-corrected chi connectivity index (χ0v) is 31.2. The Bertz CT molecular complexity index is 1310. The van der Waals surface area contributed by atoms with Crippen LogP contribution in [0.15, 0.2) is 12.7 Å². The summed E-state index contributed by atoms with van der Waals surface area (Å²) in [5, 5.41) is 4.95. The average Bonchev–Trinajstić information content (AvgIpc) is 3.00. The lowest BCUT2D eigenvalue weighted by Crippen LogP contribution is -2.68. The number of ether oxygens (including phenoxy) is 10. The number of carbonyl (C=O) groups excluding carboxylic acids is 7. The zero-order valence-electron chi connectivity index (χ0n) is 29.0. The number of halogens is 3. The fourth-order valence-electron chi connectivity index (χ4n) is 5.11. The first-order valence-electron chi connectivity index (χ1n) is 15.5. The number of esters is 5.